The van der Waals surface area contributed by atoms with Gasteiger partial charge in [0.2, 0.25) is 5.91 Å². The van der Waals surface area contributed by atoms with Gasteiger partial charge in [-0.25, -0.2) is 5.48 Å². The number of nitrogens with one attached hydrogen (secondary N) is 1. The lowest BCUT2D eigenvalue weighted by Crippen LogP contribution is -2.19. The lowest BCUT2D eigenvalue weighted by atomic mass is 9.91. The van der Waals surface area contributed by atoms with Crippen LogP contribution in [0.2, 0.25) is 0 Å². The van der Waals surface area contributed by atoms with Crippen LogP contribution in [0, 0.1) is 5.92 Å². The van der Waals surface area contributed by atoms with Crippen LogP contribution < -0.4 is 5.48 Å². The molecule has 3 rings (SSSR count). The van der Waals surface area contributed by atoms with Crippen molar-refractivity contribution < 1.29 is 9.63 Å². The summed E-state index contributed by atoms with van der Waals surface area (Å²) in [4.78, 5) is 17.5. The third-order valence-electron chi connectivity index (χ3n) is 4.60. The molecule has 3 nitrogen and oxygen atoms in total. The second kappa shape index (κ2) is 8.54. The number of hydroxylamine groups is 1. The number of carbonyl (C=O) groups excluding carboxylic acids is 1. The van der Waals surface area contributed by atoms with E-state index in [2.05, 4.69) is 35.8 Å². The first kappa shape index (κ1) is 17.3. The number of thioether (sulfide) groups is 1. The molecule has 0 radical (unpaired) electrons. The van der Waals surface area contributed by atoms with Gasteiger partial charge in [-0.05, 0) is 47.2 Å². The number of benzene rings is 2. The van der Waals surface area contributed by atoms with E-state index in [1.807, 2.05) is 17.8 Å². The highest BCUT2D eigenvalue weighted by atomic mass is 32.2. The van der Waals surface area contributed by atoms with E-state index in [1.165, 1.54) is 60.4 Å². The highest BCUT2D eigenvalue weighted by molar-refractivity contribution is 7.99. The highest BCUT2D eigenvalue weighted by Crippen LogP contribution is 2.32. The lowest BCUT2D eigenvalue weighted by Gasteiger charge is -2.21. The van der Waals surface area contributed by atoms with Crippen molar-refractivity contribution in [2.75, 3.05) is 5.75 Å². The third kappa shape index (κ3) is 4.74. The Morgan fingerprint density at radius 2 is 2.04 bits per heavy atom. The summed E-state index contributed by atoms with van der Waals surface area (Å²) in [6, 6.07) is 12.9. The summed E-state index contributed by atoms with van der Waals surface area (Å²) in [6.45, 7) is 1.83. The van der Waals surface area contributed by atoms with Crippen molar-refractivity contribution in [2.45, 2.75) is 50.5 Å². The first-order valence-electron chi connectivity index (χ1n) is 8.75. The Labute approximate surface area is 148 Å². The summed E-state index contributed by atoms with van der Waals surface area (Å²) >= 11 is 1.97. The van der Waals surface area contributed by atoms with Gasteiger partial charge in [-0.1, -0.05) is 43.5 Å². The van der Waals surface area contributed by atoms with Gasteiger partial charge in [-0.3, -0.25) is 9.63 Å². The summed E-state index contributed by atoms with van der Waals surface area (Å²) in [7, 11) is 0. The number of fused-ring (bicyclic) bond motifs is 1. The van der Waals surface area contributed by atoms with Crippen LogP contribution in [0.15, 0.2) is 41.3 Å². The van der Waals surface area contributed by atoms with Crippen LogP contribution in [0.3, 0.4) is 0 Å². The molecule has 0 spiro atoms. The summed E-state index contributed by atoms with van der Waals surface area (Å²) < 4.78 is 0. The minimum atomic E-state index is -0.182. The van der Waals surface area contributed by atoms with Crippen LogP contribution in [0.1, 0.15) is 44.6 Å². The normalized spacial score (nSPS) is 15.5. The smallest absolute Gasteiger partial charge is 0.240 e. The molecule has 0 bridgehead atoms. The Morgan fingerprint density at radius 1 is 1.21 bits per heavy atom. The molecule has 4 heteroatoms. The summed E-state index contributed by atoms with van der Waals surface area (Å²) in [5, 5.41) is 2.41. The first-order valence-corrected chi connectivity index (χ1v) is 9.74. The molecule has 1 amide bonds. The summed E-state index contributed by atoms with van der Waals surface area (Å²) in [6.07, 6.45) is 6.97. The molecule has 0 unspecified atom stereocenters. The van der Waals surface area contributed by atoms with E-state index >= 15 is 0 Å². The van der Waals surface area contributed by atoms with Gasteiger partial charge < -0.3 is 0 Å². The number of hydrogen-bond acceptors (Lipinski definition) is 3. The molecular weight excluding hydrogens is 318 g/mol. The zero-order valence-corrected chi connectivity index (χ0v) is 15.0. The predicted octanol–water partition coefficient (Wildman–Crippen LogP) is 5.08. The van der Waals surface area contributed by atoms with Crippen LogP contribution in [0.25, 0.3) is 10.8 Å². The second-order valence-electron chi connectivity index (χ2n) is 6.56. The molecule has 1 N–H and O–H groups in total. The number of hydrogen-bond donors (Lipinski definition) is 1. The first-order chi connectivity index (χ1) is 11.7. The highest BCUT2D eigenvalue weighted by Gasteiger charge is 2.13. The van der Waals surface area contributed by atoms with Crippen LogP contribution >= 0.6 is 11.8 Å². The fourth-order valence-electron chi connectivity index (χ4n) is 3.32. The van der Waals surface area contributed by atoms with Crippen LogP contribution in [0.4, 0.5) is 0 Å². The molecule has 0 atom stereocenters. The molecule has 128 valence electrons. The van der Waals surface area contributed by atoms with Crippen molar-refractivity contribution in [3.8, 4) is 0 Å². The van der Waals surface area contributed by atoms with E-state index in [4.69, 9.17) is 4.84 Å². The fraction of sp³-hybridized carbons (Fsp3) is 0.450. The van der Waals surface area contributed by atoms with Gasteiger partial charge in [-0.2, -0.15) is 0 Å². The van der Waals surface area contributed by atoms with Gasteiger partial charge in [0.25, 0.3) is 0 Å². The zero-order valence-electron chi connectivity index (χ0n) is 14.2. The molecular formula is C20H25NO2S. The van der Waals surface area contributed by atoms with Gasteiger partial charge >= 0.3 is 0 Å². The Hall–Kier alpha value is -1.52. The minimum absolute atomic E-state index is 0.182. The summed E-state index contributed by atoms with van der Waals surface area (Å²) in [5.74, 6) is 1.91. The average molecular weight is 343 g/mol. The Balaban J connectivity index is 1.69. The Bertz CT molecular complexity index is 695. The molecule has 1 fully saturated rings. The number of carbonyl (C=O) groups is 1. The molecule has 2 aromatic carbocycles. The maximum absolute atomic E-state index is 10.9. The standard InChI is InChI=1S/C20H25NO2S/c1-15(22)21-23-13-18-9-5-8-17-10-11-19(12-20(17)18)24-14-16-6-3-2-4-7-16/h5,8-12,16H,2-4,6-7,13-14H2,1H3,(H,21,22). The Kier molecular flexibility index (Phi) is 6.16. The molecule has 1 aliphatic carbocycles. The minimum Gasteiger partial charge on any atom is -0.273 e. The van der Waals surface area contributed by atoms with Crippen molar-refractivity contribution in [1.82, 2.24) is 5.48 Å². The monoisotopic (exact) mass is 343 g/mol. The van der Waals surface area contributed by atoms with Crippen LogP contribution in [-0.4, -0.2) is 11.7 Å². The van der Waals surface area contributed by atoms with Crippen molar-refractivity contribution in [1.29, 1.82) is 0 Å². The van der Waals surface area contributed by atoms with E-state index in [0.29, 0.717) is 6.61 Å². The van der Waals surface area contributed by atoms with Gasteiger partial charge in [0.1, 0.15) is 6.61 Å². The molecule has 1 saturated carbocycles. The molecule has 0 aromatic heterocycles. The largest absolute Gasteiger partial charge is 0.273 e. The SMILES string of the molecule is CC(=O)NOCc1cccc2ccc(SCC3CCCCC3)cc12. The fourth-order valence-corrected chi connectivity index (χ4v) is 4.44. The molecule has 24 heavy (non-hydrogen) atoms. The van der Waals surface area contributed by atoms with Crippen LogP contribution in [-0.2, 0) is 16.2 Å². The average Bonchev–Trinajstić information content (AvgIpc) is 2.61. The van der Waals surface area contributed by atoms with Crippen molar-refractivity contribution >= 4 is 28.4 Å². The lowest BCUT2D eigenvalue weighted by molar-refractivity contribution is -0.132. The van der Waals surface area contributed by atoms with E-state index in [-0.39, 0.29) is 5.91 Å². The van der Waals surface area contributed by atoms with E-state index < -0.39 is 0 Å². The molecule has 2 aromatic rings. The van der Waals surface area contributed by atoms with Crippen molar-refractivity contribution in [3.05, 3.63) is 42.0 Å². The third-order valence-corrected chi connectivity index (χ3v) is 5.82. The maximum Gasteiger partial charge on any atom is 0.240 e. The topological polar surface area (TPSA) is 38.3 Å². The van der Waals surface area contributed by atoms with Gasteiger partial charge in [0.15, 0.2) is 0 Å². The quantitative estimate of drug-likeness (QED) is 0.587. The van der Waals surface area contributed by atoms with E-state index in [0.717, 1.165) is 11.5 Å². The molecule has 1 aliphatic rings. The molecule has 0 aliphatic heterocycles. The molecule has 0 heterocycles. The Morgan fingerprint density at radius 3 is 2.83 bits per heavy atom. The number of amides is 1. The summed E-state index contributed by atoms with van der Waals surface area (Å²) in [5.41, 5.74) is 3.50. The van der Waals surface area contributed by atoms with Crippen molar-refractivity contribution in [3.63, 3.8) is 0 Å². The van der Waals surface area contributed by atoms with Gasteiger partial charge in [0.05, 0.1) is 0 Å². The molecule has 0 saturated heterocycles. The van der Waals surface area contributed by atoms with E-state index in [1.54, 1.807) is 0 Å². The predicted molar refractivity (Wildman–Crippen MR) is 99.9 cm³/mol. The maximum atomic E-state index is 10.9. The van der Waals surface area contributed by atoms with Crippen molar-refractivity contribution in [2.24, 2.45) is 5.92 Å². The van der Waals surface area contributed by atoms with Gasteiger partial charge in [0, 0.05) is 17.6 Å². The van der Waals surface area contributed by atoms with Gasteiger partial charge in [-0.15, -0.1) is 11.8 Å². The second-order valence-corrected chi connectivity index (χ2v) is 7.66. The van der Waals surface area contributed by atoms with E-state index in [9.17, 15) is 4.79 Å². The number of rotatable bonds is 6. The van der Waals surface area contributed by atoms with Crippen LogP contribution in [0.5, 0.6) is 0 Å². The zero-order chi connectivity index (χ0) is 16.8.